The molecule has 3 heteroatoms. The van der Waals surface area contributed by atoms with Crippen molar-refractivity contribution in [2.45, 2.75) is 13.3 Å². The first kappa shape index (κ1) is 7.27. The molecule has 0 rings (SSSR count). The average Bonchev–Trinajstić information content (AvgIpc) is 1.84. The number of rotatable bonds is 3. The fraction of sp³-hybridized carbons (Fsp3) is 0.600. The van der Waals surface area contributed by atoms with Crippen LogP contribution in [0.2, 0.25) is 0 Å². The Kier molecular flexibility index (Phi) is 2.99. The molecular weight excluding hydrogens is 111 g/mol. The van der Waals surface area contributed by atoms with Gasteiger partial charge in [0.1, 0.15) is 0 Å². The largest absolute Gasteiger partial charge is 0.291 e. The number of Topliss-reactive ketones (excluding diaryl/α,β-unsaturated/α-hetero) is 2. The van der Waals surface area contributed by atoms with E-state index in [0.717, 1.165) is 0 Å². The van der Waals surface area contributed by atoms with E-state index in [1.54, 1.807) is 0 Å². The van der Waals surface area contributed by atoms with Crippen LogP contribution in [0.4, 0.5) is 4.39 Å². The molecule has 0 aliphatic heterocycles. The summed E-state index contributed by atoms with van der Waals surface area (Å²) in [6.07, 6.45) is 0.1000. The van der Waals surface area contributed by atoms with Gasteiger partial charge in [-0.3, -0.25) is 9.59 Å². The molecule has 0 saturated carbocycles. The molecule has 2 nitrogen and oxygen atoms in total. The van der Waals surface area contributed by atoms with E-state index in [9.17, 15) is 14.0 Å². The van der Waals surface area contributed by atoms with Gasteiger partial charge in [0.05, 0.1) is 0 Å². The Balaban J connectivity index is 3.64. The Bertz CT molecular complexity index is 95.0. The molecule has 0 amide bonds. The second-order valence-electron chi connectivity index (χ2n) is 1.33. The number of carbonyl (C=O) groups is 2. The zero-order valence-electron chi connectivity index (χ0n) is 4.61. The van der Waals surface area contributed by atoms with Crippen LogP contribution in [0.5, 0.6) is 0 Å². The molecule has 0 bridgehead atoms. The van der Waals surface area contributed by atoms with Crippen molar-refractivity contribution in [3.63, 3.8) is 0 Å². The number of hydrogen-bond donors (Lipinski definition) is 0. The quantitative estimate of drug-likeness (QED) is 0.506. The molecule has 0 fully saturated rings. The lowest BCUT2D eigenvalue weighted by atomic mass is 10.2. The minimum atomic E-state index is -1.16. The summed E-state index contributed by atoms with van der Waals surface area (Å²) in [5.74, 6) is -1.56. The van der Waals surface area contributed by atoms with Gasteiger partial charge in [-0.15, -0.1) is 0 Å². The molecule has 0 radical (unpaired) electrons. The Morgan fingerprint density at radius 1 is 1.38 bits per heavy atom. The van der Waals surface area contributed by atoms with Gasteiger partial charge in [-0.05, 0) is 0 Å². The summed E-state index contributed by atoms with van der Waals surface area (Å²) in [4.78, 5) is 20.2. The third-order valence-corrected chi connectivity index (χ3v) is 0.753. The van der Waals surface area contributed by atoms with Crippen molar-refractivity contribution in [1.82, 2.24) is 0 Å². The summed E-state index contributed by atoms with van der Waals surface area (Å²) >= 11 is 0. The first-order valence-electron chi connectivity index (χ1n) is 2.34. The molecule has 0 aromatic heterocycles. The van der Waals surface area contributed by atoms with Crippen LogP contribution in [-0.2, 0) is 9.59 Å². The van der Waals surface area contributed by atoms with Gasteiger partial charge in [0.2, 0.25) is 11.6 Å². The summed E-state index contributed by atoms with van der Waals surface area (Å²) in [5, 5.41) is 0. The van der Waals surface area contributed by atoms with Crippen LogP contribution >= 0.6 is 0 Å². The molecule has 0 atom stereocenters. The molecule has 0 spiro atoms. The van der Waals surface area contributed by atoms with Crippen LogP contribution in [0.3, 0.4) is 0 Å². The number of carbonyl (C=O) groups excluding carboxylic acids is 2. The monoisotopic (exact) mass is 118 g/mol. The molecule has 0 aromatic rings. The second kappa shape index (κ2) is 3.29. The van der Waals surface area contributed by atoms with Crippen LogP contribution in [0.1, 0.15) is 13.3 Å². The number of halogens is 1. The topological polar surface area (TPSA) is 34.1 Å². The van der Waals surface area contributed by atoms with E-state index >= 15 is 0 Å². The first-order chi connectivity index (χ1) is 3.72. The Morgan fingerprint density at radius 2 is 1.88 bits per heavy atom. The highest BCUT2D eigenvalue weighted by atomic mass is 19.1. The van der Waals surface area contributed by atoms with Gasteiger partial charge in [-0.1, -0.05) is 6.92 Å². The predicted molar refractivity (Wildman–Crippen MR) is 26.3 cm³/mol. The molecular formula is C5H7FO2. The van der Waals surface area contributed by atoms with Crippen LogP contribution in [-0.4, -0.2) is 18.2 Å². The van der Waals surface area contributed by atoms with Gasteiger partial charge in [0.25, 0.3) is 0 Å². The SMILES string of the molecule is CCC(=O)C(=O)CF. The zero-order chi connectivity index (χ0) is 6.57. The van der Waals surface area contributed by atoms with Crippen molar-refractivity contribution in [3.8, 4) is 0 Å². The maximum Gasteiger partial charge on any atom is 0.229 e. The third kappa shape index (κ3) is 1.82. The van der Waals surface area contributed by atoms with Crippen LogP contribution in [0.25, 0.3) is 0 Å². The van der Waals surface area contributed by atoms with Crippen molar-refractivity contribution in [2.75, 3.05) is 6.67 Å². The summed E-state index contributed by atoms with van der Waals surface area (Å²) in [7, 11) is 0. The summed E-state index contributed by atoms with van der Waals surface area (Å²) in [6.45, 7) is 0.364. The fourth-order valence-corrected chi connectivity index (χ4v) is 0.272. The lowest BCUT2D eigenvalue weighted by Gasteiger charge is -1.85. The van der Waals surface area contributed by atoms with E-state index in [0.29, 0.717) is 0 Å². The average molecular weight is 118 g/mol. The summed E-state index contributed by atoms with van der Waals surface area (Å²) < 4.78 is 11.3. The predicted octanol–water partition coefficient (Wildman–Crippen LogP) is 0.504. The van der Waals surface area contributed by atoms with E-state index in [4.69, 9.17) is 0 Å². The standard InChI is InChI=1S/C5H7FO2/c1-2-4(7)5(8)3-6/h2-3H2,1H3. The highest BCUT2D eigenvalue weighted by Gasteiger charge is 2.08. The van der Waals surface area contributed by atoms with E-state index in [2.05, 4.69) is 0 Å². The number of hydrogen-bond acceptors (Lipinski definition) is 2. The highest BCUT2D eigenvalue weighted by molar-refractivity contribution is 6.37. The molecule has 0 heterocycles. The van der Waals surface area contributed by atoms with Crippen LogP contribution in [0, 0.1) is 0 Å². The van der Waals surface area contributed by atoms with Gasteiger partial charge in [-0.2, -0.15) is 0 Å². The third-order valence-electron chi connectivity index (χ3n) is 0.753. The lowest BCUT2D eigenvalue weighted by molar-refractivity contribution is -0.136. The summed E-state index contributed by atoms with van der Waals surface area (Å²) in [5.41, 5.74) is 0. The van der Waals surface area contributed by atoms with Crippen molar-refractivity contribution in [3.05, 3.63) is 0 Å². The van der Waals surface area contributed by atoms with Gasteiger partial charge >= 0.3 is 0 Å². The fourth-order valence-electron chi connectivity index (χ4n) is 0.272. The molecule has 0 unspecified atom stereocenters. The smallest absolute Gasteiger partial charge is 0.229 e. The maximum atomic E-state index is 11.3. The van der Waals surface area contributed by atoms with Crippen molar-refractivity contribution in [2.24, 2.45) is 0 Å². The van der Waals surface area contributed by atoms with Crippen molar-refractivity contribution in [1.29, 1.82) is 0 Å². The lowest BCUT2D eigenvalue weighted by Crippen LogP contribution is -2.13. The molecule has 0 aliphatic rings. The van der Waals surface area contributed by atoms with E-state index in [-0.39, 0.29) is 6.42 Å². The minimum Gasteiger partial charge on any atom is -0.291 e. The summed E-state index contributed by atoms with van der Waals surface area (Å²) in [6, 6.07) is 0. The van der Waals surface area contributed by atoms with E-state index in [1.807, 2.05) is 0 Å². The minimum absolute atomic E-state index is 0.1000. The van der Waals surface area contributed by atoms with E-state index in [1.165, 1.54) is 6.92 Å². The van der Waals surface area contributed by atoms with Crippen molar-refractivity contribution < 1.29 is 14.0 Å². The molecule has 0 aromatic carbocycles. The Labute approximate surface area is 46.7 Å². The Hall–Kier alpha value is -0.730. The second-order valence-corrected chi connectivity index (χ2v) is 1.33. The van der Waals surface area contributed by atoms with Gasteiger partial charge < -0.3 is 0 Å². The van der Waals surface area contributed by atoms with Gasteiger partial charge in [0, 0.05) is 6.42 Å². The number of ketones is 2. The zero-order valence-corrected chi connectivity index (χ0v) is 4.61. The Morgan fingerprint density at radius 3 is 2.00 bits per heavy atom. The normalized spacial score (nSPS) is 8.75. The van der Waals surface area contributed by atoms with Gasteiger partial charge in [-0.25, -0.2) is 4.39 Å². The molecule has 0 N–H and O–H groups in total. The highest BCUT2D eigenvalue weighted by Crippen LogP contribution is 1.83. The first-order valence-corrected chi connectivity index (χ1v) is 2.34. The molecule has 46 valence electrons. The van der Waals surface area contributed by atoms with Gasteiger partial charge in [0.15, 0.2) is 6.67 Å². The van der Waals surface area contributed by atoms with E-state index < -0.39 is 18.2 Å². The molecule has 0 saturated heterocycles. The van der Waals surface area contributed by atoms with Crippen LogP contribution in [0.15, 0.2) is 0 Å². The molecule has 0 aliphatic carbocycles. The maximum absolute atomic E-state index is 11.3. The number of alkyl halides is 1. The van der Waals surface area contributed by atoms with Crippen molar-refractivity contribution >= 4 is 11.6 Å². The molecule has 8 heavy (non-hydrogen) atoms. The van der Waals surface area contributed by atoms with Crippen LogP contribution < -0.4 is 0 Å².